The molecule has 0 unspecified atom stereocenters. The van der Waals surface area contributed by atoms with Gasteiger partial charge in [-0.2, -0.15) is 0 Å². The zero-order chi connectivity index (χ0) is 13.1. The molecule has 0 spiro atoms. The summed E-state index contributed by atoms with van der Waals surface area (Å²) in [5, 5.41) is 13.8. The summed E-state index contributed by atoms with van der Waals surface area (Å²) in [5.41, 5.74) is 1.04. The fraction of sp³-hybridized carbons (Fsp3) is 0.500. The molecule has 17 heavy (non-hydrogen) atoms. The third-order valence-electron chi connectivity index (χ3n) is 3.01. The van der Waals surface area contributed by atoms with Gasteiger partial charge in [0.15, 0.2) is 0 Å². The number of rotatable bonds is 5. The van der Waals surface area contributed by atoms with Crippen molar-refractivity contribution in [3.8, 4) is 0 Å². The Morgan fingerprint density at radius 2 is 1.82 bits per heavy atom. The number of hydrogen-bond acceptors (Lipinski definition) is 4. The van der Waals surface area contributed by atoms with Crippen LogP contribution in [0.1, 0.15) is 13.8 Å². The van der Waals surface area contributed by atoms with E-state index < -0.39 is 4.92 Å². The van der Waals surface area contributed by atoms with Gasteiger partial charge in [0.05, 0.1) is 4.92 Å². The lowest BCUT2D eigenvalue weighted by atomic mass is 10.0. The Kier molecular flexibility index (Phi) is 4.07. The van der Waals surface area contributed by atoms with Crippen molar-refractivity contribution in [3.05, 3.63) is 34.4 Å². The van der Waals surface area contributed by atoms with Crippen LogP contribution in [0.15, 0.2) is 24.3 Å². The Bertz CT molecular complexity index is 385. The van der Waals surface area contributed by atoms with Gasteiger partial charge in [0, 0.05) is 29.9 Å². The molecule has 0 aliphatic heterocycles. The number of non-ortho nitro benzene ring substituents is 1. The van der Waals surface area contributed by atoms with Crippen molar-refractivity contribution in [1.29, 1.82) is 0 Å². The van der Waals surface area contributed by atoms with E-state index in [0.717, 1.165) is 12.2 Å². The third-order valence-corrected chi connectivity index (χ3v) is 3.01. The maximum atomic E-state index is 10.5. The first-order chi connectivity index (χ1) is 7.83. The number of likely N-dealkylation sites (N-methyl/N-ethyl adjacent to an activating group) is 1. The van der Waals surface area contributed by atoms with Crippen molar-refractivity contribution in [2.24, 2.45) is 0 Å². The molecule has 0 saturated heterocycles. The Morgan fingerprint density at radius 3 is 2.24 bits per heavy atom. The highest BCUT2D eigenvalue weighted by Gasteiger charge is 2.19. The predicted molar refractivity (Wildman–Crippen MR) is 69.4 cm³/mol. The lowest BCUT2D eigenvalue weighted by Gasteiger charge is -2.33. The van der Waals surface area contributed by atoms with Crippen molar-refractivity contribution in [3.63, 3.8) is 0 Å². The van der Waals surface area contributed by atoms with Crippen LogP contribution in [0.5, 0.6) is 0 Å². The first-order valence-electron chi connectivity index (χ1n) is 5.49. The quantitative estimate of drug-likeness (QED) is 0.631. The molecule has 0 radical (unpaired) electrons. The van der Waals surface area contributed by atoms with E-state index in [9.17, 15) is 10.1 Å². The predicted octanol–water partition coefficient (Wildman–Crippen LogP) is 2.35. The minimum atomic E-state index is -0.395. The molecule has 0 bridgehead atoms. The summed E-state index contributed by atoms with van der Waals surface area (Å²) in [5.74, 6) is 0. The average Bonchev–Trinajstić information content (AvgIpc) is 2.27. The van der Waals surface area contributed by atoms with Gasteiger partial charge in [0.1, 0.15) is 0 Å². The number of nitro benzene ring substituents is 1. The minimum absolute atomic E-state index is 0.0295. The highest BCUT2D eigenvalue weighted by molar-refractivity contribution is 5.48. The molecule has 0 saturated carbocycles. The van der Waals surface area contributed by atoms with E-state index in [1.807, 2.05) is 14.1 Å². The monoisotopic (exact) mass is 237 g/mol. The molecule has 0 atom stereocenters. The minimum Gasteiger partial charge on any atom is -0.383 e. The Labute approximate surface area is 102 Å². The van der Waals surface area contributed by atoms with Crippen LogP contribution in [0, 0.1) is 10.1 Å². The lowest BCUT2D eigenvalue weighted by Crippen LogP contribution is -2.44. The van der Waals surface area contributed by atoms with E-state index in [1.54, 1.807) is 12.1 Å². The largest absolute Gasteiger partial charge is 0.383 e. The second-order valence-electron chi connectivity index (χ2n) is 4.86. The van der Waals surface area contributed by atoms with Gasteiger partial charge in [-0.15, -0.1) is 0 Å². The summed E-state index contributed by atoms with van der Waals surface area (Å²) in [6, 6.07) is 6.46. The summed E-state index contributed by atoms with van der Waals surface area (Å²) in [6.07, 6.45) is 0. The van der Waals surface area contributed by atoms with Crippen LogP contribution in [0.4, 0.5) is 11.4 Å². The zero-order valence-electron chi connectivity index (χ0n) is 10.7. The SMILES string of the molecule is CN(C)C(C)(C)CNc1ccc([N+](=O)[O-])cc1. The Hall–Kier alpha value is -1.62. The van der Waals surface area contributed by atoms with Gasteiger partial charge in [0.25, 0.3) is 5.69 Å². The highest BCUT2D eigenvalue weighted by Crippen LogP contribution is 2.17. The normalized spacial score (nSPS) is 11.6. The van der Waals surface area contributed by atoms with Crippen LogP contribution >= 0.6 is 0 Å². The third kappa shape index (κ3) is 3.71. The number of hydrogen-bond donors (Lipinski definition) is 1. The van der Waals surface area contributed by atoms with E-state index >= 15 is 0 Å². The maximum Gasteiger partial charge on any atom is 0.269 e. The molecule has 0 heterocycles. The molecular weight excluding hydrogens is 218 g/mol. The number of benzene rings is 1. The van der Waals surface area contributed by atoms with E-state index in [0.29, 0.717) is 0 Å². The van der Waals surface area contributed by atoms with E-state index in [-0.39, 0.29) is 11.2 Å². The highest BCUT2D eigenvalue weighted by atomic mass is 16.6. The summed E-state index contributed by atoms with van der Waals surface area (Å²) in [4.78, 5) is 12.2. The van der Waals surface area contributed by atoms with Gasteiger partial charge in [-0.1, -0.05) is 0 Å². The standard InChI is InChI=1S/C12H19N3O2/c1-12(2,14(3)4)9-13-10-5-7-11(8-6-10)15(16)17/h5-8,13H,9H2,1-4H3. The van der Waals surface area contributed by atoms with Crippen LogP contribution in [0.3, 0.4) is 0 Å². The van der Waals surface area contributed by atoms with Crippen LogP contribution < -0.4 is 5.32 Å². The van der Waals surface area contributed by atoms with Gasteiger partial charge in [-0.05, 0) is 40.1 Å². The van der Waals surface area contributed by atoms with Gasteiger partial charge in [0.2, 0.25) is 0 Å². The molecule has 0 aliphatic rings. The number of nitrogens with one attached hydrogen (secondary N) is 1. The molecule has 1 aromatic carbocycles. The molecule has 0 aromatic heterocycles. The van der Waals surface area contributed by atoms with E-state index in [1.165, 1.54) is 12.1 Å². The summed E-state index contributed by atoms with van der Waals surface area (Å²) >= 11 is 0. The fourth-order valence-corrected chi connectivity index (χ4v) is 1.18. The van der Waals surface area contributed by atoms with Crippen molar-refractivity contribution >= 4 is 11.4 Å². The number of nitrogens with zero attached hydrogens (tertiary/aromatic N) is 2. The number of nitro groups is 1. The van der Waals surface area contributed by atoms with Crippen molar-refractivity contribution < 1.29 is 4.92 Å². The molecule has 1 aromatic rings. The van der Waals surface area contributed by atoms with Gasteiger partial charge >= 0.3 is 0 Å². The fourth-order valence-electron chi connectivity index (χ4n) is 1.18. The Balaban J connectivity index is 2.62. The summed E-state index contributed by atoms with van der Waals surface area (Å²) < 4.78 is 0. The van der Waals surface area contributed by atoms with Gasteiger partial charge < -0.3 is 10.2 Å². The van der Waals surface area contributed by atoms with Gasteiger partial charge in [-0.3, -0.25) is 10.1 Å². The molecule has 1 N–H and O–H groups in total. The van der Waals surface area contributed by atoms with Gasteiger partial charge in [-0.25, -0.2) is 0 Å². The molecule has 5 nitrogen and oxygen atoms in total. The molecule has 0 amide bonds. The van der Waals surface area contributed by atoms with Crippen LogP contribution in [-0.2, 0) is 0 Å². The van der Waals surface area contributed by atoms with Crippen molar-refractivity contribution in [2.45, 2.75) is 19.4 Å². The van der Waals surface area contributed by atoms with Crippen molar-refractivity contribution in [2.75, 3.05) is 26.0 Å². The molecular formula is C12H19N3O2. The second kappa shape index (κ2) is 5.14. The smallest absolute Gasteiger partial charge is 0.269 e. The molecule has 0 aliphatic carbocycles. The number of anilines is 1. The lowest BCUT2D eigenvalue weighted by molar-refractivity contribution is -0.384. The Morgan fingerprint density at radius 1 is 1.29 bits per heavy atom. The maximum absolute atomic E-state index is 10.5. The summed E-state index contributed by atoms with van der Waals surface area (Å²) in [6.45, 7) is 5.04. The van der Waals surface area contributed by atoms with Crippen LogP contribution in [0.25, 0.3) is 0 Å². The summed E-state index contributed by atoms with van der Waals surface area (Å²) in [7, 11) is 4.05. The molecule has 5 heteroatoms. The molecule has 94 valence electrons. The first kappa shape index (κ1) is 13.4. The van der Waals surface area contributed by atoms with Crippen LogP contribution in [0.2, 0.25) is 0 Å². The molecule has 0 fully saturated rings. The van der Waals surface area contributed by atoms with E-state index in [2.05, 4.69) is 24.1 Å². The average molecular weight is 237 g/mol. The van der Waals surface area contributed by atoms with E-state index in [4.69, 9.17) is 0 Å². The topological polar surface area (TPSA) is 58.4 Å². The van der Waals surface area contributed by atoms with Crippen LogP contribution in [-0.4, -0.2) is 36.0 Å². The molecule has 1 rings (SSSR count). The van der Waals surface area contributed by atoms with Crippen molar-refractivity contribution in [1.82, 2.24) is 4.90 Å². The second-order valence-corrected chi connectivity index (χ2v) is 4.86. The first-order valence-corrected chi connectivity index (χ1v) is 5.49. The zero-order valence-corrected chi connectivity index (χ0v) is 10.7.